The smallest absolute Gasteiger partial charge is 0.263 e. The minimum atomic E-state index is 0.149. The Kier molecular flexibility index (Phi) is 5.56. The molecule has 6 heteroatoms. The maximum atomic E-state index is 13.1. The quantitative estimate of drug-likeness (QED) is 0.781. The predicted octanol–water partition coefficient (Wildman–Crippen LogP) is 3.11. The van der Waals surface area contributed by atoms with Gasteiger partial charge >= 0.3 is 0 Å². The average Bonchev–Trinajstić information content (AvgIpc) is 2.93. The Bertz CT molecular complexity index is 762. The molecule has 0 unspecified atom stereocenters. The molecule has 0 spiro atoms. The zero-order valence-corrected chi connectivity index (χ0v) is 15.8. The summed E-state index contributed by atoms with van der Waals surface area (Å²) in [5.74, 6) is 0.742. The van der Waals surface area contributed by atoms with Crippen molar-refractivity contribution in [2.75, 3.05) is 32.5 Å². The lowest BCUT2D eigenvalue weighted by Crippen LogP contribution is -2.26. The van der Waals surface area contributed by atoms with Crippen LogP contribution in [0, 0.1) is 0 Å². The van der Waals surface area contributed by atoms with Gasteiger partial charge in [-0.05, 0) is 64.7 Å². The largest absolute Gasteiger partial charge is 0.355 e. The summed E-state index contributed by atoms with van der Waals surface area (Å²) in [6.07, 6.45) is 6.54. The molecule has 132 valence electrons. The molecule has 0 aromatic carbocycles. The third-order valence-electron chi connectivity index (χ3n) is 4.59. The van der Waals surface area contributed by atoms with E-state index in [0.717, 1.165) is 61.5 Å². The van der Waals surface area contributed by atoms with E-state index in [1.165, 1.54) is 23.3 Å². The zero-order valence-electron chi connectivity index (χ0n) is 15.0. The van der Waals surface area contributed by atoms with Crippen molar-refractivity contribution >= 4 is 27.5 Å². The number of rotatable bonds is 7. The molecule has 0 bridgehead atoms. The number of aryl methyl sites for hydroxylation is 2. The number of hydrogen-bond acceptors (Lipinski definition) is 5. The summed E-state index contributed by atoms with van der Waals surface area (Å²) >= 11 is 1.73. The highest BCUT2D eigenvalue weighted by atomic mass is 32.1. The lowest BCUT2D eigenvalue weighted by atomic mass is 9.97. The predicted molar refractivity (Wildman–Crippen MR) is 102 cm³/mol. The molecule has 5 nitrogen and oxygen atoms in total. The monoisotopic (exact) mass is 348 g/mol. The summed E-state index contributed by atoms with van der Waals surface area (Å²) in [7, 11) is 4.15. The molecule has 0 saturated heterocycles. The van der Waals surface area contributed by atoms with Crippen molar-refractivity contribution in [1.82, 2.24) is 14.5 Å². The van der Waals surface area contributed by atoms with Gasteiger partial charge < -0.3 is 10.2 Å². The Morgan fingerprint density at radius 3 is 2.83 bits per heavy atom. The van der Waals surface area contributed by atoms with Crippen LogP contribution >= 0.6 is 11.3 Å². The van der Waals surface area contributed by atoms with Crippen LogP contribution in [0.1, 0.15) is 43.0 Å². The van der Waals surface area contributed by atoms with E-state index in [2.05, 4.69) is 31.2 Å². The average molecular weight is 349 g/mol. The van der Waals surface area contributed by atoms with Crippen LogP contribution in [0.3, 0.4) is 0 Å². The molecule has 2 heterocycles. The molecule has 2 aromatic rings. The van der Waals surface area contributed by atoms with Gasteiger partial charge in [0.05, 0.1) is 5.39 Å². The van der Waals surface area contributed by atoms with Crippen LogP contribution in [0.15, 0.2) is 4.79 Å². The molecule has 1 N–H and O–H groups in total. The molecular weight excluding hydrogens is 320 g/mol. The summed E-state index contributed by atoms with van der Waals surface area (Å²) < 4.78 is 1.85. The fraction of sp³-hybridized carbons (Fsp3) is 0.667. The lowest BCUT2D eigenvalue weighted by molar-refractivity contribution is 0.405. The van der Waals surface area contributed by atoms with E-state index in [-0.39, 0.29) is 5.56 Å². The third kappa shape index (κ3) is 3.49. The first-order chi connectivity index (χ1) is 11.6. The first-order valence-electron chi connectivity index (χ1n) is 9.05. The normalized spacial score (nSPS) is 14.3. The van der Waals surface area contributed by atoms with Gasteiger partial charge in [0.15, 0.2) is 0 Å². The molecule has 0 atom stereocenters. The summed E-state index contributed by atoms with van der Waals surface area (Å²) in [5, 5.41) is 4.29. The van der Waals surface area contributed by atoms with Crippen molar-refractivity contribution in [3.05, 3.63) is 20.8 Å². The van der Waals surface area contributed by atoms with Gasteiger partial charge in [0, 0.05) is 18.0 Å². The van der Waals surface area contributed by atoms with E-state index in [9.17, 15) is 4.79 Å². The van der Waals surface area contributed by atoms with Gasteiger partial charge in [-0.15, -0.1) is 11.3 Å². The fourth-order valence-electron chi connectivity index (χ4n) is 3.40. The van der Waals surface area contributed by atoms with Crippen molar-refractivity contribution in [1.29, 1.82) is 0 Å². The highest BCUT2D eigenvalue weighted by Crippen LogP contribution is 2.34. The molecule has 0 aliphatic heterocycles. The fourth-order valence-corrected chi connectivity index (χ4v) is 4.65. The first-order valence-corrected chi connectivity index (χ1v) is 9.87. The van der Waals surface area contributed by atoms with Gasteiger partial charge in [-0.1, -0.05) is 6.92 Å². The Hall–Kier alpha value is -1.40. The van der Waals surface area contributed by atoms with E-state index in [0.29, 0.717) is 0 Å². The van der Waals surface area contributed by atoms with Gasteiger partial charge in [0.2, 0.25) is 5.95 Å². The number of nitrogens with one attached hydrogen (secondary N) is 1. The Morgan fingerprint density at radius 1 is 1.29 bits per heavy atom. The van der Waals surface area contributed by atoms with Gasteiger partial charge in [0.1, 0.15) is 4.83 Å². The minimum absolute atomic E-state index is 0.149. The van der Waals surface area contributed by atoms with Gasteiger partial charge in [-0.2, -0.15) is 0 Å². The number of anilines is 1. The number of fused-ring (bicyclic) bond motifs is 3. The number of nitrogens with zero attached hydrogens (tertiary/aromatic N) is 3. The molecule has 3 rings (SSSR count). The number of thiophene rings is 1. The van der Waals surface area contributed by atoms with Crippen LogP contribution in [-0.2, 0) is 19.4 Å². The van der Waals surface area contributed by atoms with Crippen LogP contribution in [0.4, 0.5) is 5.95 Å². The van der Waals surface area contributed by atoms with Crippen LogP contribution in [-0.4, -0.2) is 41.6 Å². The summed E-state index contributed by atoms with van der Waals surface area (Å²) in [6, 6.07) is 0. The van der Waals surface area contributed by atoms with Crippen molar-refractivity contribution in [3.8, 4) is 0 Å². The van der Waals surface area contributed by atoms with Crippen molar-refractivity contribution in [2.24, 2.45) is 0 Å². The lowest BCUT2D eigenvalue weighted by Gasteiger charge is -2.15. The maximum absolute atomic E-state index is 13.1. The zero-order chi connectivity index (χ0) is 17.1. The van der Waals surface area contributed by atoms with Crippen molar-refractivity contribution in [2.45, 2.75) is 52.0 Å². The maximum Gasteiger partial charge on any atom is 0.263 e. The van der Waals surface area contributed by atoms with Crippen molar-refractivity contribution < 1.29 is 0 Å². The molecule has 0 saturated carbocycles. The van der Waals surface area contributed by atoms with Crippen molar-refractivity contribution in [3.63, 3.8) is 0 Å². The molecular formula is C18H28N4OS. The Morgan fingerprint density at radius 2 is 2.08 bits per heavy atom. The SMILES string of the molecule is CCCn1c(NCCCN(C)C)nc2sc3c(c2c1=O)CCCC3. The van der Waals surface area contributed by atoms with Crippen LogP contribution in [0.5, 0.6) is 0 Å². The molecule has 2 aromatic heterocycles. The summed E-state index contributed by atoms with van der Waals surface area (Å²) in [6.45, 7) is 4.70. The van der Waals surface area contributed by atoms with E-state index in [4.69, 9.17) is 4.98 Å². The van der Waals surface area contributed by atoms with E-state index in [1.807, 2.05) is 4.57 Å². The van der Waals surface area contributed by atoms with Gasteiger partial charge in [-0.3, -0.25) is 9.36 Å². The Labute approximate surface area is 147 Å². The second-order valence-corrected chi connectivity index (χ2v) is 7.95. The van der Waals surface area contributed by atoms with Gasteiger partial charge in [-0.25, -0.2) is 4.98 Å². The number of aromatic nitrogens is 2. The van der Waals surface area contributed by atoms with Crippen LogP contribution in [0.2, 0.25) is 0 Å². The topological polar surface area (TPSA) is 50.2 Å². The summed E-state index contributed by atoms with van der Waals surface area (Å²) in [4.78, 5) is 22.4. The van der Waals surface area contributed by atoms with Crippen LogP contribution < -0.4 is 10.9 Å². The van der Waals surface area contributed by atoms with Gasteiger partial charge in [0.25, 0.3) is 5.56 Å². The highest BCUT2D eigenvalue weighted by molar-refractivity contribution is 7.18. The first kappa shape index (κ1) is 17.4. The Balaban J connectivity index is 1.95. The molecule has 0 radical (unpaired) electrons. The number of hydrogen-bond donors (Lipinski definition) is 1. The second kappa shape index (κ2) is 7.66. The summed E-state index contributed by atoms with van der Waals surface area (Å²) in [5.41, 5.74) is 1.43. The van der Waals surface area contributed by atoms with E-state index in [1.54, 1.807) is 11.3 Å². The molecule has 1 aliphatic rings. The molecule has 24 heavy (non-hydrogen) atoms. The standard InChI is InChI=1S/C18H28N4OS/c1-4-11-22-17(23)15-13-8-5-6-9-14(13)24-16(15)20-18(22)19-10-7-12-21(2)3/h4-12H2,1-3H3,(H,19,20). The molecule has 1 aliphatic carbocycles. The molecule has 0 amide bonds. The minimum Gasteiger partial charge on any atom is -0.355 e. The highest BCUT2D eigenvalue weighted by Gasteiger charge is 2.21. The van der Waals surface area contributed by atoms with E-state index >= 15 is 0 Å². The molecule has 0 fully saturated rings. The second-order valence-electron chi connectivity index (χ2n) is 6.87. The third-order valence-corrected chi connectivity index (χ3v) is 5.77. The van der Waals surface area contributed by atoms with Crippen LogP contribution in [0.25, 0.3) is 10.2 Å². The van der Waals surface area contributed by atoms with E-state index < -0.39 is 0 Å².